The lowest BCUT2D eigenvalue weighted by Crippen LogP contribution is -2.39. The second kappa shape index (κ2) is 35.1. The highest BCUT2D eigenvalue weighted by molar-refractivity contribution is 6.32. The average Bonchev–Trinajstić information content (AvgIpc) is 3.19. The van der Waals surface area contributed by atoms with Crippen molar-refractivity contribution in [2.45, 2.75) is 149 Å². The number of aliphatic hydroxyl groups is 1. The van der Waals surface area contributed by atoms with E-state index in [1.165, 1.54) is 11.1 Å². The van der Waals surface area contributed by atoms with Crippen molar-refractivity contribution in [3.8, 4) is 5.75 Å². The third-order valence-electron chi connectivity index (χ3n) is 10.5. The van der Waals surface area contributed by atoms with Gasteiger partial charge >= 0.3 is 0 Å². The fraction of sp³-hybridized carbons (Fsp3) is 0.564. The maximum Gasteiger partial charge on any atom is 0.223 e. The van der Waals surface area contributed by atoms with Gasteiger partial charge in [0.25, 0.3) is 0 Å². The molecule has 8 heteroatoms. The van der Waals surface area contributed by atoms with Gasteiger partial charge in [0.2, 0.25) is 12.3 Å². The highest BCUT2D eigenvalue weighted by atomic mass is 35.5. The summed E-state index contributed by atoms with van der Waals surface area (Å²) < 4.78 is 0. The van der Waals surface area contributed by atoms with Crippen LogP contribution < -0.4 is 11.1 Å². The standard InChI is InChI=1S/C35H51NO3.C8H18.C7H7ClO.C4H10.CH3NO/c1-10-14-31(27(6)30-19-17-29(11-2)18-20-30)22-26(5)15-12-13-16-34(39)36-24-35(8,9)33(38)23-32(28(7)37)21-25(3)4;1-6(2)8(5)7(3)4;1-5-2-3-7(9)6(8)4-5;1-4(2)3;2-1-3/h12-14,17-21,25-27,31,37H,1,7,11,15-16,22-24H2,2-6,8-9H3,(H,36,39);6-8H,1-5H3;2-4,9H,1H3;4H,1-3H3;1H,(H2,2,3)/b13-12+,32-21+;;;;. The topological polar surface area (TPSA) is 130 Å². The van der Waals surface area contributed by atoms with Crippen LogP contribution in [0.15, 0.2) is 97.0 Å². The summed E-state index contributed by atoms with van der Waals surface area (Å²) in [6.45, 7) is 41.8. The first-order valence-corrected chi connectivity index (χ1v) is 23.2. The summed E-state index contributed by atoms with van der Waals surface area (Å²) in [5.74, 6) is 4.65. The molecule has 0 spiro atoms. The van der Waals surface area contributed by atoms with E-state index in [0.717, 1.165) is 48.5 Å². The predicted molar refractivity (Wildman–Crippen MR) is 272 cm³/mol. The number of phenolic OH excluding ortho intramolecular Hbond substituents is 1. The molecule has 356 valence electrons. The zero-order valence-corrected chi connectivity index (χ0v) is 43.0. The number of benzene rings is 2. The third kappa shape index (κ3) is 32.1. The van der Waals surface area contributed by atoms with Crippen LogP contribution in [0.5, 0.6) is 5.75 Å². The van der Waals surface area contributed by atoms with Gasteiger partial charge in [-0.25, -0.2) is 0 Å². The highest BCUT2D eigenvalue weighted by Gasteiger charge is 2.29. The molecule has 2 aromatic carbocycles. The molecule has 2 aromatic rings. The van der Waals surface area contributed by atoms with Crippen LogP contribution in [0.1, 0.15) is 152 Å². The van der Waals surface area contributed by atoms with E-state index in [4.69, 9.17) is 21.5 Å². The minimum Gasteiger partial charge on any atom is -0.508 e. The molecule has 63 heavy (non-hydrogen) atoms. The van der Waals surface area contributed by atoms with Gasteiger partial charge in [0.15, 0.2) is 0 Å². The van der Waals surface area contributed by atoms with Crippen molar-refractivity contribution in [2.24, 2.45) is 52.6 Å². The quantitative estimate of drug-likeness (QED) is 0.0367. The third-order valence-corrected chi connectivity index (χ3v) is 10.8. The minimum atomic E-state index is -0.749. The lowest BCUT2D eigenvalue weighted by molar-refractivity contribution is -0.127. The number of halogens is 1. The monoisotopic (exact) mass is 893 g/mol. The summed E-state index contributed by atoms with van der Waals surface area (Å²) in [6, 6.07) is 14.0. The van der Waals surface area contributed by atoms with Crippen LogP contribution in [0, 0.1) is 53.8 Å². The molecule has 0 aliphatic carbocycles. The number of nitrogens with one attached hydrogen (secondary N) is 1. The van der Waals surface area contributed by atoms with Crippen LogP contribution in [0.3, 0.4) is 0 Å². The smallest absolute Gasteiger partial charge is 0.223 e. The molecule has 2 rings (SSSR count). The van der Waals surface area contributed by atoms with Gasteiger partial charge in [0, 0.05) is 24.8 Å². The number of phenols is 1. The summed E-state index contributed by atoms with van der Waals surface area (Å²) in [5, 5.41) is 22.0. The summed E-state index contributed by atoms with van der Waals surface area (Å²) in [6.07, 6.45) is 11.5. The van der Waals surface area contributed by atoms with Gasteiger partial charge < -0.3 is 21.3 Å². The minimum absolute atomic E-state index is 0.0482. The normalized spacial score (nSPS) is 12.6. The molecule has 0 saturated carbocycles. The van der Waals surface area contributed by atoms with Crippen molar-refractivity contribution in [2.75, 3.05) is 6.54 Å². The number of Topliss-reactive ketones (excluding diaryl/α,β-unsaturated/α-hetero) is 1. The van der Waals surface area contributed by atoms with E-state index in [1.54, 1.807) is 18.2 Å². The Hall–Kier alpha value is -4.32. The van der Waals surface area contributed by atoms with Crippen LogP contribution in [0.2, 0.25) is 5.02 Å². The Morgan fingerprint density at radius 3 is 1.84 bits per heavy atom. The zero-order valence-electron chi connectivity index (χ0n) is 42.3. The molecule has 0 heterocycles. The lowest BCUT2D eigenvalue weighted by atomic mass is 9.81. The van der Waals surface area contributed by atoms with E-state index in [-0.39, 0.29) is 54.9 Å². The number of nitrogens with two attached hydrogens (primary N) is 1. The molecule has 0 saturated heterocycles. The summed E-state index contributed by atoms with van der Waals surface area (Å²) in [7, 11) is 0. The summed E-state index contributed by atoms with van der Waals surface area (Å²) in [5.41, 5.74) is 10.7. The molecule has 0 radical (unpaired) electrons. The number of amides is 2. The van der Waals surface area contributed by atoms with Gasteiger partial charge in [-0.05, 0) is 114 Å². The molecule has 0 bridgehead atoms. The van der Waals surface area contributed by atoms with Gasteiger partial charge in [-0.3, -0.25) is 14.4 Å². The fourth-order valence-corrected chi connectivity index (χ4v) is 6.13. The van der Waals surface area contributed by atoms with E-state index in [0.29, 0.717) is 28.3 Å². The maximum absolute atomic E-state index is 12.8. The SMILES string of the molecule is C=C=CC(CC(C)C/C=C/CC(=O)NCC(C)(C)C(=O)C/C(=C\C(C)C)C(=C)O)C(C)c1ccc(CC)cc1.CC(C)C.CC(C)C(C)C(C)C.Cc1ccc(O)c(Cl)c1.NC=O. The Morgan fingerprint density at radius 2 is 1.44 bits per heavy atom. The van der Waals surface area contributed by atoms with E-state index < -0.39 is 5.41 Å². The number of hydrogen-bond acceptors (Lipinski definition) is 5. The number of ketones is 1. The molecule has 3 unspecified atom stereocenters. The van der Waals surface area contributed by atoms with Crippen LogP contribution >= 0.6 is 11.6 Å². The summed E-state index contributed by atoms with van der Waals surface area (Å²) in [4.78, 5) is 33.9. The van der Waals surface area contributed by atoms with E-state index >= 15 is 0 Å². The van der Waals surface area contributed by atoms with Gasteiger partial charge in [-0.15, -0.1) is 5.73 Å². The van der Waals surface area contributed by atoms with E-state index in [2.05, 4.69) is 143 Å². The molecular weight excluding hydrogens is 804 g/mol. The number of primary amides is 1. The number of carbonyl (C=O) groups is 3. The Bertz CT molecular complexity index is 1690. The molecular formula is C55H89ClN2O5. The van der Waals surface area contributed by atoms with Gasteiger partial charge in [0.05, 0.1) is 5.02 Å². The molecule has 7 nitrogen and oxygen atoms in total. The first kappa shape index (κ1) is 63.0. The van der Waals surface area contributed by atoms with Crippen molar-refractivity contribution < 1.29 is 24.6 Å². The van der Waals surface area contributed by atoms with Crippen molar-refractivity contribution in [3.05, 3.63) is 119 Å². The number of rotatable bonds is 19. The van der Waals surface area contributed by atoms with Crippen molar-refractivity contribution in [1.29, 1.82) is 0 Å². The number of aliphatic hydroxyl groups excluding tert-OH is 1. The van der Waals surface area contributed by atoms with Crippen molar-refractivity contribution >= 4 is 29.7 Å². The fourth-order valence-electron chi connectivity index (χ4n) is 5.90. The van der Waals surface area contributed by atoms with Crippen LogP contribution in [0.25, 0.3) is 0 Å². The van der Waals surface area contributed by atoms with Gasteiger partial charge in [0.1, 0.15) is 17.3 Å². The predicted octanol–water partition coefficient (Wildman–Crippen LogP) is 14.5. The Balaban J connectivity index is -0.00000120. The average molecular weight is 894 g/mol. The van der Waals surface area contributed by atoms with Crippen LogP contribution in [-0.2, 0) is 20.8 Å². The number of carbonyl (C=O) groups excluding carboxylic acids is 3. The number of allylic oxidation sites excluding steroid dienone is 4. The zero-order chi connectivity index (χ0) is 49.5. The lowest BCUT2D eigenvalue weighted by Gasteiger charge is -2.24. The Labute approximate surface area is 390 Å². The van der Waals surface area contributed by atoms with Gasteiger partial charge in [-0.2, -0.15) is 0 Å². The number of aryl methyl sites for hydroxylation is 2. The van der Waals surface area contributed by atoms with Crippen LogP contribution in [0.4, 0.5) is 0 Å². The molecule has 0 aromatic heterocycles. The number of hydrogen-bond donors (Lipinski definition) is 4. The Kier molecular flexibility index (Phi) is 35.1. The second-order valence-corrected chi connectivity index (χ2v) is 19.4. The molecule has 5 N–H and O–H groups in total. The number of aromatic hydroxyl groups is 1. The molecule has 0 aliphatic rings. The first-order chi connectivity index (χ1) is 29.2. The van der Waals surface area contributed by atoms with E-state index in [9.17, 15) is 14.7 Å². The van der Waals surface area contributed by atoms with Crippen molar-refractivity contribution in [1.82, 2.24) is 5.32 Å². The molecule has 3 atom stereocenters. The van der Waals surface area contributed by atoms with Gasteiger partial charge in [-0.1, -0.05) is 177 Å². The molecule has 0 aliphatic heterocycles. The Morgan fingerprint density at radius 1 is 0.921 bits per heavy atom. The largest absolute Gasteiger partial charge is 0.508 e. The van der Waals surface area contributed by atoms with Crippen LogP contribution in [-0.4, -0.2) is 34.9 Å². The molecule has 0 fully saturated rings. The molecule has 2 amide bonds. The van der Waals surface area contributed by atoms with Crippen molar-refractivity contribution in [3.63, 3.8) is 0 Å². The second-order valence-electron chi connectivity index (χ2n) is 19.0. The first-order valence-electron chi connectivity index (χ1n) is 22.8. The highest BCUT2D eigenvalue weighted by Crippen LogP contribution is 2.32. The maximum atomic E-state index is 12.8. The van der Waals surface area contributed by atoms with E-state index in [1.807, 2.05) is 46.8 Å². The summed E-state index contributed by atoms with van der Waals surface area (Å²) >= 11 is 5.56.